The van der Waals surface area contributed by atoms with Gasteiger partial charge in [-0.25, -0.2) is 0 Å². The van der Waals surface area contributed by atoms with E-state index < -0.39 is 0 Å². The van der Waals surface area contributed by atoms with Crippen LogP contribution < -0.4 is 4.74 Å². The molecule has 1 rings (SSSR count). The minimum atomic E-state index is -0.379. The Morgan fingerprint density at radius 3 is 2.80 bits per heavy atom. The van der Waals surface area contributed by atoms with Crippen LogP contribution in [-0.2, 0) is 9.53 Å². The van der Waals surface area contributed by atoms with Gasteiger partial charge in [0.15, 0.2) is 0 Å². The van der Waals surface area contributed by atoms with Crippen molar-refractivity contribution in [3.63, 3.8) is 0 Å². The quantitative estimate of drug-likeness (QED) is 0.329. The van der Waals surface area contributed by atoms with Gasteiger partial charge in [0, 0.05) is 11.3 Å². The van der Waals surface area contributed by atoms with Gasteiger partial charge in [0.2, 0.25) is 0 Å². The molecule has 0 bridgehead atoms. The van der Waals surface area contributed by atoms with E-state index in [4.69, 9.17) is 15.0 Å². The lowest BCUT2D eigenvalue weighted by Crippen LogP contribution is -2.07. The standard InChI is InChI=1S/C14H19N3O3/c1-4-20-14(18)8-7-13(16-17-15)12-6-5-11(19-3)9-10(12)2/h5-6,9,13H,4,7-8H2,1-3H3. The zero-order chi connectivity index (χ0) is 15.0. The third-order valence-corrected chi connectivity index (χ3v) is 2.95. The average Bonchev–Trinajstić information content (AvgIpc) is 2.44. The average molecular weight is 277 g/mol. The molecule has 0 fully saturated rings. The normalized spacial score (nSPS) is 11.3. The van der Waals surface area contributed by atoms with Crippen molar-refractivity contribution in [3.8, 4) is 5.75 Å². The summed E-state index contributed by atoms with van der Waals surface area (Å²) < 4.78 is 10.0. The number of hydrogen-bond donors (Lipinski definition) is 0. The Labute approximate surface area is 118 Å². The Bertz CT molecular complexity index is 510. The maximum Gasteiger partial charge on any atom is 0.305 e. The number of azide groups is 1. The first-order valence-corrected chi connectivity index (χ1v) is 6.46. The molecule has 108 valence electrons. The smallest absolute Gasteiger partial charge is 0.305 e. The molecular weight excluding hydrogens is 258 g/mol. The van der Waals surface area contributed by atoms with Gasteiger partial charge in [-0.05, 0) is 49.1 Å². The summed E-state index contributed by atoms with van der Waals surface area (Å²) >= 11 is 0. The Kier molecular flexibility index (Phi) is 6.40. The highest BCUT2D eigenvalue weighted by Crippen LogP contribution is 2.28. The van der Waals surface area contributed by atoms with Crippen LogP contribution in [0.2, 0.25) is 0 Å². The Balaban J connectivity index is 2.85. The molecule has 0 aromatic heterocycles. The van der Waals surface area contributed by atoms with Crippen LogP contribution in [0.1, 0.15) is 36.9 Å². The summed E-state index contributed by atoms with van der Waals surface area (Å²) in [5.41, 5.74) is 10.5. The minimum Gasteiger partial charge on any atom is -0.497 e. The zero-order valence-electron chi connectivity index (χ0n) is 12.0. The van der Waals surface area contributed by atoms with Crippen molar-refractivity contribution < 1.29 is 14.3 Å². The van der Waals surface area contributed by atoms with Crippen molar-refractivity contribution in [3.05, 3.63) is 39.8 Å². The summed E-state index contributed by atoms with van der Waals surface area (Å²) in [6.07, 6.45) is 0.652. The minimum absolute atomic E-state index is 0.225. The molecule has 0 heterocycles. The van der Waals surface area contributed by atoms with E-state index in [-0.39, 0.29) is 18.4 Å². The lowest BCUT2D eigenvalue weighted by atomic mass is 9.98. The van der Waals surface area contributed by atoms with Gasteiger partial charge < -0.3 is 9.47 Å². The van der Waals surface area contributed by atoms with Crippen molar-refractivity contribution >= 4 is 5.97 Å². The molecule has 0 saturated carbocycles. The van der Waals surface area contributed by atoms with E-state index in [9.17, 15) is 4.79 Å². The third kappa shape index (κ3) is 4.48. The second-order valence-electron chi connectivity index (χ2n) is 4.29. The van der Waals surface area contributed by atoms with Crippen LogP contribution in [-0.4, -0.2) is 19.7 Å². The number of rotatable bonds is 7. The van der Waals surface area contributed by atoms with Crippen LogP contribution in [0, 0.1) is 6.92 Å². The van der Waals surface area contributed by atoms with Crippen LogP contribution in [0.3, 0.4) is 0 Å². The van der Waals surface area contributed by atoms with Crippen molar-refractivity contribution in [2.45, 2.75) is 32.7 Å². The molecule has 6 heteroatoms. The summed E-state index contributed by atoms with van der Waals surface area (Å²) in [4.78, 5) is 14.3. The molecule has 1 aromatic carbocycles. The first-order valence-electron chi connectivity index (χ1n) is 6.46. The summed E-state index contributed by atoms with van der Waals surface area (Å²) in [5, 5.41) is 3.77. The lowest BCUT2D eigenvalue weighted by Gasteiger charge is -2.14. The topological polar surface area (TPSA) is 84.3 Å². The molecule has 0 saturated heterocycles. The van der Waals surface area contributed by atoms with E-state index >= 15 is 0 Å². The lowest BCUT2D eigenvalue weighted by molar-refractivity contribution is -0.143. The van der Waals surface area contributed by atoms with Crippen molar-refractivity contribution in [1.29, 1.82) is 0 Å². The van der Waals surface area contributed by atoms with Crippen LogP contribution >= 0.6 is 0 Å². The number of esters is 1. The molecule has 1 aromatic rings. The summed E-state index contributed by atoms with van der Waals surface area (Å²) in [6, 6.07) is 5.17. The Morgan fingerprint density at radius 1 is 1.50 bits per heavy atom. The van der Waals surface area contributed by atoms with Crippen molar-refractivity contribution in [2.75, 3.05) is 13.7 Å². The zero-order valence-corrected chi connectivity index (χ0v) is 12.0. The van der Waals surface area contributed by atoms with Gasteiger partial charge in [-0.1, -0.05) is 11.2 Å². The van der Waals surface area contributed by atoms with Crippen molar-refractivity contribution in [1.82, 2.24) is 0 Å². The van der Waals surface area contributed by atoms with Gasteiger partial charge >= 0.3 is 5.97 Å². The molecule has 0 aliphatic heterocycles. The highest BCUT2D eigenvalue weighted by Gasteiger charge is 2.15. The van der Waals surface area contributed by atoms with Gasteiger partial charge in [0.1, 0.15) is 5.75 Å². The fourth-order valence-electron chi connectivity index (χ4n) is 1.97. The van der Waals surface area contributed by atoms with Crippen LogP contribution in [0.15, 0.2) is 23.3 Å². The number of carbonyl (C=O) groups is 1. The Morgan fingerprint density at radius 2 is 2.25 bits per heavy atom. The predicted octanol–water partition coefficient (Wildman–Crippen LogP) is 3.70. The van der Waals surface area contributed by atoms with Crippen LogP contribution in [0.25, 0.3) is 10.4 Å². The van der Waals surface area contributed by atoms with Crippen LogP contribution in [0.5, 0.6) is 5.75 Å². The summed E-state index contributed by atoms with van der Waals surface area (Å²) in [7, 11) is 1.60. The molecule has 6 nitrogen and oxygen atoms in total. The molecule has 0 aliphatic rings. The third-order valence-electron chi connectivity index (χ3n) is 2.95. The second-order valence-corrected chi connectivity index (χ2v) is 4.29. The van der Waals surface area contributed by atoms with Gasteiger partial charge in [-0.2, -0.15) is 0 Å². The molecule has 0 spiro atoms. The van der Waals surface area contributed by atoms with E-state index in [0.717, 1.165) is 16.9 Å². The molecule has 0 amide bonds. The fourth-order valence-corrected chi connectivity index (χ4v) is 1.97. The predicted molar refractivity (Wildman–Crippen MR) is 75.5 cm³/mol. The molecule has 20 heavy (non-hydrogen) atoms. The van der Waals surface area contributed by atoms with E-state index in [2.05, 4.69) is 10.0 Å². The number of aryl methyl sites for hydroxylation is 1. The number of hydrogen-bond acceptors (Lipinski definition) is 4. The summed E-state index contributed by atoms with van der Waals surface area (Å²) in [5.74, 6) is 0.466. The summed E-state index contributed by atoms with van der Waals surface area (Å²) in [6.45, 7) is 4.03. The maximum atomic E-state index is 11.4. The van der Waals surface area contributed by atoms with Crippen molar-refractivity contribution in [2.24, 2.45) is 5.11 Å². The largest absolute Gasteiger partial charge is 0.497 e. The van der Waals surface area contributed by atoms with Gasteiger partial charge in [0.25, 0.3) is 0 Å². The van der Waals surface area contributed by atoms with Gasteiger partial charge in [-0.3, -0.25) is 4.79 Å². The molecule has 0 N–H and O–H groups in total. The van der Waals surface area contributed by atoms with E-state index in [1.54, 1.807) is 14.0 Å². The highest BCUT2D eigenvalue weighted by molar-refractivity contribution is 5.69. The first-order chi connectivity index (χ1) is 9.62. The van der Waals surface area contributed by atoms with E-state index in [1.807, 2.05) is 25.1 Å². The number of benzene rings is 1. The van der Waals surface area contributed by atoms with E-state index in [0.29, 0.717) is 13.0 Å². The highest BCUT2D eigenvalue weighted by atomic mass is 16.5. The molecule has 0 radical (unpaired) electrons. The van der Waals surface area contributed by atoms with Crippen LogP contribution in [0.4, 0.5) is 0 Å². The molecular formula is C14H19N3O3. The number of nitrogens with zero attached hydrogens (tertiary/aromatic N) is 3. The fraction of sp³-hybridized carbons (Fsp3) is 0.500. The molecule has 1 unspecified atom stereocenters. The Hall–Kier alpha value is -2.20. The number of methoxy groups -OCH3 is 1. The van der Waals surface area contributed by atoms with E-state index in [1.165, 1.54) is 0 Å². The van der Waals surface area contributed by atoms with Gasteiger partial charge in [0.05, 0.1) is 19.8 Å². The first kappa shape index (κ1) is 15.9. The maximum absolute atomic E-state index is 11.4. The van der Waals surface area contributed by atoms with Gasteiger partial charge in [-0.15, -0.1) is 0 Å². The molecule has 1 atom stereocenters. The number of ether oxygens (including phenoxy) is 2. The molecule has 0 aliphatic carbocycles. The number of carbonyl (C=O) groups excluding carboxylic acids is 1. The SMILES string of the molecule is CCOC(=O)CCC(N=[N+]=[N-])c1ccc(OC)cc1C. The monoisotopic (exact) mass is 277 g/mol. The second kappa shape index (κ2) is 8.07.